The number of nitrogens with zero attached hydrogens (tertiary/aromatic N) is 1. The summed E-state index contributed by atoms with van der Waals surface area (Å²) >= 11 is 0. The van der Waals surface area contributed by atoms with E-state index in [0.29, 0.717) is 18.2 Å². The van der Waals surface area contributed by atoms with Crippen LogP contribution in [0.3, 0.4) is 0 Å². The van der Waals surface area contributed by atoms with Crippen molar-refractivity contribution < 1.29 is 4.79 Å². The summed E-state index contributed by atoms with van der Waals surface area (Å²) in [6.45, 7) is 1.03. The van der Waals surface area contributed by atoms with Crippen LogP contribution in [-0.4, -0.2) is 22.8 Å². The van der Waals surface area contributed by atoms with Crippen LogP contribution >= 0.6 is 0 Å². The van der Waals surface area contributed by atoms with Crippen LogP contribution in [0.2, 0.25) is 0 Å². The van der Waals surface area contributed by atoms with E-state index in [1.165, 1.54) is 42.3 Å². The maximum atomic E-state index is 12.4. The third-order valence-corrected chi connectivity index (χ3v) is 5.32. The average molecular weight is 296 g/mol. The molecule has 0 atom stereocenters. The van der Waals surface area contributed by atoms with Gasteiger partial charge in [-0.2, -0.15) is 0 Å². The van der Waals surface area contributed by atoms with Gasteiger partial charge in [-0.05, 0) is 61.9 Å². The Morgan fingerprint density at radius 1 is 1.14 bits per heavy atom. The van der Waals surface area contributed by atoms with Gasteiger partial charge in [-0.15, -0.1) is 0 Å². The number of hydrogen-bond donors (Lipinski definition) is 1. The van der Waals surface area contributed by atoms with Crippen molar-refractivity contribution >= 4 is 11.3 Å². The fourth-order valence-electron chi connectivity index (χ4n) is 4.25. The zero-order valence-corrected chi connectivity index (χ0v) is 13.1. The Labute approximate surface area is 131 Å². The Kier molecular flexibility index (Phi) is 3.75. The van der Waals surface area contributed by atoms with E-state index >= 15 is 0 Å². The first-order chi connectivity index (χ1) is 10.8. The highest BCUT2D eigenvalue weighted by molar-refractivity contribution is 5.99. The summed E-state index contributed by atoms with van der Waals surface area (Å²) in [7, 11) is 0. The van der Waals surface area contributed by atoms with Gasteiger partial charge in [-0.1, -0.05) is 18.9 Å². The molecule has 2 aliphatic carbocycles. The molecule has 0 saturated heterocycles. The normalized spacial score (nSPS) is 19.0. The van der Waals surface area contributed by atoms with E-state index in [4.69, 9.17) is 0 Å². The molecule has 3 heteroatoms. The van der Waals surface area contributed by atoms with Crippen LogP contribution < -0.4 is 5.32 Å². The second kappa shape index (κ2) is 5.88. The average Bonchev–Trinajstić information content (AvgIpc) is 3.15. The van der Waals surface area contributed by atoms with Crippen LogP contribution in [0.15, 0.2) is 24.4 Å². The number of aromatic nitrogens is 1. The van der Waals surface area contributed by atoms with Crippen molar-refractivity contribution in [3.8, 4) is 0 Å². The van der Waals surface area contributed by atoms with Gasteiger partial charge >= 0.3 is 0 Å². The third kappa shape index (κ3) is 2.38. The number of pyridine rings is 1. The van der Waals surface area contributed by atoms with E-state index in [1.54, 1.807) is 0 Å². The summed E-state index contributed by atoms with van der Waals surface area (Å²) < 4.78 is 2.13. The Bertz CT molecular complexity index is 695. The molecule has 0 spiro atoms. The molecule has 22 heavy (non-hydrogen) atoms. The van der Waals surface area contributed by atoms with Gasteiger partial charge in [-0.25, -0.2) is 0 Å². The lowest BCUT2D eigenvalue weighted by Crippen LogP contribution is -2.28. The molecule has 2 heterocycles. The highest BCUT2D eigenvalue weighted by atomic mass is 16.1. The quantitative estimate of drug-likeness (QED) is 0.936. The smallest absolute Gasteiger partial charge is 0.179 e. The van der Waals surface area contributed by atoms with Crippen molar-refractivity contribution in [3.05, 3.63) is 41.2 Å². The van der Waals surface area contributed by atoms with E-state index in [0.717, 1.165) is 31.5 Å². The molecule has 2 aromatic rings. The predicted octanol–water partition coefficient (Wildman–Crippen LogP) is 3.53. The number of ketones is 1. The summed E-state index contributed by atoms with van der Waals surface area (Å²) in [5.41, 5.74) is 4.90. The molecule has 1 fully saturated rings. The molecule has 2 aliphatic rings. The summed E-state index contributed by atoms with van der Waals surface area (Å²) in [5, 5.41) is 3.71. The van der Waals surface area contributed by atoms with Gasteiger partial charge < -0.3 is 9.72 Å². The van der Waals surface area contributed by atoms with Crippen LogP contribution in [0.4, 0.5) is 0 Å². The maximum Gasteiger partial charge on any atom is 0.179 e. The zero-order chi connectivity index (χ0) is 14.9. The number of fused-ring (bicyclic) bond motifs is 3. The van der Waals surface area contributed by atoms with Crippen molar-refractivity contribution in [1.82, 2.24) is 9.72 Å². The maximum absolute atomic E-state index is 12.4. The minimum absolute atomic E-state index is 0.317. The van der Waals surface area contributed by atoms with E-state index < -0.39 is 0 Å². The lowest BCUT2D eigenvalue weighted by molar-refractivity contribution is 0.0966. The predicted molar refractivity (Wildman–Crippen MR) is 88.6 cm³/mol. The second-order valence-corrected chi connectivity index (χ2v) is 6.72. The largest absolute Gasteiger partial charge is 0.314 e. The Morgan fingerprint density at radius 2 is 2.00 bits per heavy atom. The Balaban J connectivity index is 1.63. The van der Waals surface area contributed by atoms with Crippen LogP contribution in [0, 0.1) is 0 Å². The minimum atomic E-state index is 0.317. The molecule has 116 valence electrons. The monoisotopic (exact) mass is 296 g/mol. The van der Waals surface area contributed by atoms with Gasteiger partial charge in [0.25, 0.3) is 0 Å². The van der Waals surface area contributed by atoms with Gasteiger partial charge in [0.15, 0.2) is 5.78 Å². The van der Waals surface area contributed by atoms with Crippen LogP contribution in [-0.2, 0) is 12.8 Å². The van der Waals surface area contributed by atoms with Crippen molar-refractivity contribution in [2.75, 3.05) is 6.54 Å². The van der Waals surface area contributed by atoms with E-state index in [2.05, 4.69) is 21.9 Å². The molecule has 0 bridgehead atoms. The molecular weight excluding hydrogens is 272 g/mol. The number of carbonyl (C=O) groups is 1. The number of nitrogens with one attached hydrogen (secondary N) is 1. The first kappa shape index (κ1) is 14.0. The molecule has 3 nitrogen and oxygen atoms in total. The SMILES string of the molecule is O=C1CCCc2c(CCNC3CCCC3)c3ccccn3c21. The van der Waals surface area contributed by atoms with Crippen LogP contribution in [0.1, 0.15) is 60.1 Å². The van der Waals surface area contributed by atoms with Gasteiger partial charge in [0.2, 0.25) is 0 Å². The van der Waals surface area contributed by atoms with Crippen molar-refractivity contribution in [3.63, 3.8) is 0 Å². The highest BCUT2D eigenvalue weighted by Crippen LogP contribution is 2.30. The van der Waals surface area contributed by atoms with Gasteiger partial charge in [0, 0.05) is 24.2 Å². The first-order valence-electron chi connectivity index (χ1n) is 8.72. The molecule has 0 aliphatic heterocycles. The lowest BCUT2D eigenvalue weighted by atomic mass is 9.92. The molecule has 0 radical (unpaired) electrons. The van der Waals surface area contributed by atoms with Crippen LogP contribution in [0.5, 0.6) is 0 Å². The Hall–Kier alpha value is -1.61. The molecular formula is C19H24N2O. The number of Topliss-reactive ketones (excluding diaryl/α,β-unsaturated/α-hetero) is 1. The Morgan fingerprint density at radius 3 is 2.86 bits per heavy atom. The number of carbonyl (C=O) groups excluding carboxylic acids is 1. The van der Waals surface area contributed by atoms with Crippen molar-refractivity contribution in [1.29, 1.82) is 0 Å². The minimum Gasteiger partial charge on any atom is -0.314 e. The molecule has 0 amide bonds. The van der Waals surface area contributed by atoms with Gasteiger partial charge in [0.05, 0.1) is 5.69 Å². The molecule has 0 aromatic carbocycles. The summed E-state index contributed by atoms with van der Waals surface area (Å²) in [4.78, 5) is 12.4. The molecule has 2 aromatic heterocycles. The van der Waals surface area contributed by atoms with Crippen molar-refractivity contribution in [2.45, 2.75) is 57.4 Å². The summed E-state index contributed by atoms with van der Waals surface area (Å²) in [6.07, 6.45) is 11.2. The topological polar surface area (TPSA) is 33.5 Å². The van der Waals surface area contributed by atoms with Gasteiger partial charge in [-0.3, -0.25) is 4.79 Å². The molecule has 1 N–H and O–H groups in total. The number of rotatable bonds is 4. The molecule has 0 unspecified atom stereocenters. The van der Waals surface area contributed by atoms with Crippen LogP contribution in [0.25, 0.3) is 5.52 Å². The molecule has 1 saturated carbocycles. The lowest BCUT2D eigenvalue weighted by Gasteiger charge is -2.14. The third-order valence-electron chi connectivity index (χ3n) is 5.32. The highest BCUT2D eigenvalue weighted by Gasteiger charge is 2.25. The summed E-state index contributed by atoms with van der Waals surface area (Å²) in [5.74, 6) is 0.317. The van der Waals surface area contributed by atoms with E-state index in [1.807, 2.05) is 12.3 Å². The van der Waals surface area contributed by atoms with Crippen molar-refractivity contribution in [2.24, 2.45) is 0 Å². The fourth-order valence-corrected chi connectivity index (χ4v) is 4.25. The molecule has 4 rings (SSSR count). The van der Waals surface area contributed by atoms with E-state index in [-0.39, 0.29) is 0 Å². The first-order valence-corrected chi connectivity index (χ1v) is 8.72. The van der Waals surface area contributed by atoms with E-state index in [9.17, 15) is 4.79 Å². The zero-order valence-electron chi connectivity index (χ0n) is 13.1. The number of hydrogen-bond acceptors (Lipinski definition) is 2. The standard InChI is InChI=1S/C19H24N2O/c22-18-10-5-8-16-15(11-12-20-14-6-1-2-7-14)17-9-3-4-13-21(17)19(16)18/h3-4,9,13-14,20H,1-2,5-8,10-12H2. The summed E-state index contributed by atoms with van der Waals surface area (Å²) in [6, 6.07) is 6.98. The van der Waals surface area contributed by atoms with Gasteiger partial charge in [0.1, 0.15) is 0 Å². The fraction of sp³-hybridized carbons (Fsp3) is 0.526. The second-order valence-electron chi connectivity index (χ2n) is 6.72.